The van der Waals surface area contributed by atoms with Gasteiger partial charge in [-0.2, -0.15) is 0 Å². The zero-order valence-electron chi connectivity index (χ0n) is 10.1. The van der Waals surface area contributed by atoms with Gasteiger partial charge in [-0.15, -0.1) is 0 Å². The lowest BCUT2D eigenvalue weighted by molar-refractivity contribution is 0.282. The SMILES string of the molecule is Cc1cccc(CNCCCCCCO)n1. The Balaban J connectivity index is 2.03. The van der Waals surface area contributed by atoms with Gasteiger partial charge in [-0.3, -0.25) is 4.98 Å². The number of nitrogens with zero attached hydrogens (tertiary/aromatic N) is 1. The Kier molecular flexibility index (Phi) is 6.77. The lowest BCUT2D eigenvalue weighted by Gasteiger charge is -2.04. The number of nitrogens with one attached hydrogen (secondary N) is 1. The molecule has 1 rings (SSSR count). The summed E-state index contributed by atoms with van der Waals surface area (Å²) in [5.74, 6) is 0. The first-order valence-corrected chi connectivity index (χ1v) is 6.07. The molecule has 0 amide bonds. The van der Waals surface area contributed by atoms with Gasteiger partial charge in [0.2, 0.25) is 0 Å². The van der Waals surface area contributed by atoms with Crippen LogP contribution in [0.3, 0.4) is 0 Å². The summed E-state index contributed by atoms with van der Waals surface area (Å²) >= 11 is 0. The van der Waals surface area contributed by atoms with Gasteiger partial charge in [0.15, 0.2) is 0 Å². The maximum Gasteiger partial charge on any atom is 0.0544 e. The van der Waals surface area contributed by atoms with Gasteiger partial charge in [-0.25, -0.2) is 0 Å². The minimum Gasteiger partial charge on any atom is -0.396 e. The van der Waals surface area contributed by atoms with Crippen LogP contribution in [0.4, 0.5) is 0 Å². The fourth-order valence-electron chi connectivity index (χ4n) is 1.63. The molecule has 0 radical (unpaired) electrons. The number of aromatic nitrogens is 1. The number of aliphatic hydroxyl groups is 1. The second kappa shape index (κ2) is 8.25. The second-order valence-electron chi connectivity index (χ2n) is 4.08. The van der Waals surface area contributed by atoms with E-state index < -0.39 is 0 Å². The van der Waals surface area contributed by atoms with E-state index in [2.05, 4.69) is 10.3 Å². The van der Waals surface area contributed by atoms with E-state index >= 15 is 0 Å². The number of hydrogen-bond donors (Lipinski definition) is 2. The summed E-state index contributed by atoms with van der Waals surface area (Å²) in [7, 11) is 0. The first-order valence-electron chi connectivity index (χ1n) is 6.07. The van der Waals surface area contributed by atoms with E-state index in [1.807, 2.05) is 25.1 Å². The maximum absolute atomic E-state index is 8.62. The highest BCUT2D eigenvalue weighted by atomic mass is 16.2. The average molecular weight is 222 g/mol. The molecule has 0 aliphatic carbocycles. The standard InChI is InChI=1S/C13H22N2O/c1-12-7-6-8-13(15-12)11-14-9-4-2-3-5-10-16/h6-8,14,16H,2-5,9-11H2,1H3. The molecule has 1 heterocycles. The van der Waals surface area contributed by atoms with Crippen molar-refractivity contribution in [2.24, 2.45) is 0 Å². The Bertz CT molecular complexity index is 289. The predicted molar refractivity (Wildman–Crippen MR) is 66.2 cm³/mol. The molecule has 90 valence electrons. The molecule has 1 aromatic rings. The summed E-state index contributed by atoms with van der Waals surface area (Å²) in [6, 6.07) is 6.10. The molecule has 0 bridgehead atoms. The monoisotopic (exact) mass is 222 g/mol. The van der Waals surface area contributed by atoms with Gasteiger partial charge in [0.25, 0.3) is 0 Å². The number of pyridine rings is 1. The van der Waals surface area contributed by atoms with Gasteiger partial charge >= 0.3 is 0 Å². The third kappa shape index (κ3) is 5.83. The van der Waals surface area contributed by atoms with Gasteiger partial charge in [0, 0.05) is 18.8 Å². The summed E-state index contributed by atoms with van der Waals surface area (Å²) < 4.78 is 0. The van der Waals surface area contributed by atoms with E-state index in [4.69, 9.17) is 5.11 Å². The molecular weight excluding hydrogens is 200 g/mol. The van der Waals surface area contributed by atoms with E-state index in [1.165, 1.54) is 12.8 Å². The van der Waals surface area contributed by atoms with Gasteiger partial charge in [0.1, 0.15) is 0 Å². The largest absolute Gasteiger partial charge is 0.396 e. The summed E-state index contributed by atoms with van der Waals surface area (Å²) in [5, 5.41) is 12.0. The molecule has 0 aliphatic heterocycles. The third-order valence-electron chi connectivity index (χ3n) is 2.51. The molecule has 0 unspecified atom stereocenters. The highest BCUT2D eigenvalue weighted by molar-refractivity contribution is 5.09. The predicted octanol–water partition coefficient (Wildman–Crippen LogP) is 2.03. The first-order chi connectivity index (χ1) is 7.83. The fraction of sp³-hybridized carbons (Fsp3) is 0.615. The highest BCUT2D eigenvalue weighted by Gasteiger charge is 1.94. The molecule has 3 heteroatoms. The van der Waals surface area contributed by atoms with Crippen molar-refractivity contribution < 1.29 is 5.11 Å². The van der Waals surface area contributed by atoms with Crippen LogP contribution in [-0.2, 0) is 6.54 Å². The van der Waals surface area contributed by atoms with Crippen molar-refractivity contribution in [3.63, 3.8) is 0 Å². The molecule has 3 nitrogen and oxygen atoms in total. The van der Waals surface area contributed by atoms with E-state index in [-0.39, 0.29) is 0 Å². The van der Waals surface area contributed by atoms with Crippen LogP contribution < -0.4 is 5.32 Å². The van der Waals surface area contributed by atoms with Crippen molar-refractivity contribution in [3.8, 4) is 0 Å². The quantitative estimate of drug-likeness (QED) is 0.662. The number of hydrogen-bond acceptors (Lipinski definition) is 3. The lowest BCUT2D eigenvalue weighted by atomic mass is 10.2. The van der Waals surface area contributed by atoms with E-state index in [0.29, 0.717) is 6.61 Å². The van der Waals surface area contributed by atoms with Crippen LogP contribution in [0.1, 0.15) is 37.1 Å². The van der Waals surface area contributed by atoms with Crippen molar-refractivity contribution in [3.05, 3.63) is 29.6 Å². The maximum atomic E-state index is 8.62. The van der Waals surface area contributed by atoms with Crippen LogP contribution in [0.5, 0.6) is 0 Å². The number of rotatable bonds is 8. The van der Waals surface area contributed by atoms with Crippen LogP contribution in [-0.4, -0.2) is 23.2 Å². The van der Waals surface area contributed by atoms with Crippen molar-refractivity contribution in [2.45, 2.75) is 39.2 Å². The molecule has 2 N–H and O–H groups in total. The molecule has 16 heavy (non-hydrogen) atoms. The Hall–Kier alpha value is -0.930. The first kappa shape index (κ1) is 13.1. The molecule has 0 saturated heterocycles. The molecule has 0 fully saturated rings. The lowest BCUT2D eigenvalue weighted by Crippen LogP contribution is -2.15. The number of aliphatic hydroxyl groups excluding tert-OH is 1. The molecule has 0 saturated carbocycles. The Morgan fingerprint density at radius 3 is 2.75 bits per heavy atom. The van der Waals surface area contributed by atoms with Gasteiger partial charge in [-0.1, -0.05) is 18.9 Å². The van der Waals surface area contributed by atoms with Crippen LogP contribution in [0, 0.1) is 6.92 Å². The van der Waals surface area contributed by atoms with Crippen LogP contribution >= 0.6 is 0 Å². The average Bonchev–Trinajstić information content (AvgIpc) is 2.28. The number of aryl methyl sites for hydroxylation is 1. The third-order valence-corrected chi connectivity index (χ3v) is 2.51. The minimum atomic E-state index is 0.320. The van der Waals surface area contributed by atoms with Gasteiger partial charge < -0.3 is 10.4 Å². The summed E-state index contributed by atoms with van der Waals surface area (Å²) in [6.45, 7) is 4.21. The second-order valence-corrected chi connectivity index (χ2v) is 4.08. The van der Waals surface area contributed by atoms with Crippen molar-refractivity contribution in [2.75, 3.05) is 13.2 Å². The Labute approximate surface area is 97.9 Å². The molecule has 0 aliphatic rings. The highest BCUT2D eigenvalue weighted by Crippen LogP contribution is 1.99. The molecule has 0 atom stereocenters. The number of unbranched alkanes of at least 4 members (excludes halogenated alkanes) is 3. The van der Waals surface area contributed by atoms with Crippen molar-refractivity contribution in [1.29, 1.82) is 0 Å². The topological polar surface area (TPSA) is 45.1 Å². The van der Waals surface area contributed by atoms with Gasteiger partial charge in [-0.05, 0) is 38.4 Å². The smallest absolute Gasteiger partial charge is 0.0544 e. The molecule has 1 aromatic heterocycles. The Morgan fingerprint density at radius 2 is 2.00 bits per heavy atom. The van der Waals surface area contributed by atoms with Crippen LogP contribution in [0.15, 0.2) is 18.2 Å². The normalized spacial score (nSPS) is 10.6. The zero-order valence-corrected chi connectivity index (χ0v) is 10.1. The van der Waals surface area contributed by atoms with Crippen molar-refractivity contribution in [1.82, 2.24) is 10.3 Å². The molecular formula is C13H22N2O. The fourth-order valence-corrected chi connectivity index (χ4v) is 1.63. The van der Waals surface area contributed by atoms with Crippen LogP contribution in [0.25, 0.3) is 0 Å². The van der Waals surface area contributed by atoms with Gasteiger partial charge in [0.05, 0.1) is 5.69 Å². The minimum absolute atomic E-state index is 0.320. The summed E-state index contributed by atoms with van der Waals surface area (Å²) in [4.78, 5) is 4.42. The van der Waals surface area contributed by atoms with Crippen molar-refractivity contribution >= 4 is 0 Å². The van der Waals surface area contributed by atoms with E-state index in [0.717, 1.165) is 37.3 Å². The molecule has 0 spiro atoms. The Morgan fingerprint density at radius 1 is 1.19 bits per heavy atom. The summed E-state index contributed by atoms with van der Waals surface area (Å²) in [5.41, 5.74) is 2.18. The summed E-state index contributed by atoms with van der Waals surface area (Å²) in [6.07, 6.45) is 4.42. The zero-order chi connectivity index (χ0) is 11.6. The van der Waals surface area contributed by atoms with E-state index in [1.54, 1.807) is 0 Å². The molecule has 0 aromatic carbocycles. The van der Waals surface area contributed by atoms with E-state index in [9.17, 15) is 0 Å². The van der Waals surface area contributed by atoms with Crippen LogP contribution in [0.2, 0.25) is 0 Å².